The van der Waals surface area contributed by atoms with Crippen LogP contribution in [0.2, 0.25) is 0 Å². The van der Waals surface area contributed by atoms with Crippen molar-refractivity contribution in [3.8, 4) is 0 Å². The van der Waals surface area contributed by atoms with Crippen molar-refractivity contribution >= 4 is 40.5 Å². The maximum Gasteiger partial charge on any atom is 0.407 e. The van der Waals surface area contributed by atoms with Crippen molar-refractivity contribution in [1.82, 2.24) is 10.2 Å². The lowest BCUT2D eigenvalue weighted by molar-refractivity contribution is -0.142. The molecule has 1 unspecified atom stereocenters. The highest BCUT2D eigenvalue weighted by Crippen LogP contribution is 2.41. The highest BCUT2D eigenvalue weighted by molar-refractivity contribution is 6.00. The van der Waals surface area contributed by atoms with Gasteiger partial charge in [-0.15, -0.1) is 0 Å². The monoisotopic (exact) mass is 699 g/mol. The molecule has 5 rings (SSSR count). The fourth-order valence-corrected chi connectivity index (χ4v) is 8.08. The number of fused-ring (bicyclic) bond motifs is 1. The Morgan fingerprint density at radius 3 is 2.40 bits per heavy atom. The van der Waals surface area contributed by atoms with E-state index >= 15 is 0 Å². The molecule has 276 valence electrons. The molecule has 1 aliphatic heterocycles. The zero-order valence-corrected chi connectivity index (χ0v) is 30.0. The van der Waals surface area contributed by atoms with Crippen molar-refractivity contribution in [2.45, 2.75) is 109 Å². The highest BCUT2D eigenvalue weighted by Gasteiger charge is 2.47. The van der Waals surface area contributed by atoms with Gasteiger partial charge in [0.25, 0.3) is 0 Å². The van der Waals surface area contributed by atoms with Crippen molar-refractivity contribution in [2.75, 3.05) is 38.9 Å². The molecular weight excluding hydrogens is 645 g/mol. The molecular formula is C38H54FN3O8. The summed E-state index contributed by atoms with van der Waals surface area (Å²) in [6.45, 7) is 5.82. The SMILES string of the molecule is COCCCOC(=O)c1cc2cc(NC(=O)[C@@H]3[C@H](C4CCCCC4)CCN3C(=O)C3CCC(C(CF)NC(=O)OC(C)(C)C)CC3)ccc2o1. The van der Waals surface area contributed by atoms with Crippen molar-refractivity contribution < 1.29 is 42.2 Å². The van der Waals surface area contributed by atoms with E-state index in [1.807, 2.05) is 0 Å². The first-order valence-corrected chi connectivity index (χ1v) is 18.3. The molecule has 1 aromatic heterocycles. The number of anilines is 1. The summed E-state index contributed by atoms with van der Waals surface area (Å²) in [5.74, 6) is -0.611. The second kappa shape index (κ2) is 17.0. The lowest BCUT2D eigenvalue weighted by atomic mass is 9.76. The van der Waals surface area contributed by atoms with Gasteiger partial charge in [0.2, 0.25) is 17.6 Å². The molecule has 3 fully saturated rings. The molecule has 11 nitrogen and oxygen atoms in total. The van der Waals surface area contributed by atoms with Crippen molar-refractivity contribution in [3.63, 3.8) is 0 Å². The average molecular weight is 700 g/mol. The van der Waals surface area contributed by atoms with E-state index in [0.717, 1.165) is 32.1 Å². The van der Waals surface area contributed by atoms with Crippen LogP contribution in [0, 0.1) is 23.7 Å². The maximum absolute atomic E-state index is 14.2. The van der Waals surface area contributed by atoms with Crippen LogP contribution in [0.4, 0.5) is 14.9 Å². The number of methoxy groups -OCH3 is 1. The van der Waals surface area contributed by atoms with Crippen LogP contribution >= 0.6 is 0 Å². The van der Waals surface area contributed by atoms with Crippen LogP contribution in [0.15, 0.2) is 28.7 Å². The number of carbonyl (C=O) groups is 4. The van der Waals surface area contributed by atoms with Crippen LogP contribution in [0.5, 0.6) is 0 Å². The predicted molar refractivity (Wildman–Crippen MR) is 186 cm³/mol. The van der Waals surface area contributed by atoms with Gasteiger partial charge >= 0.3 is 12.1 Å². The zero-order chi connectivity index (χ0) is 35.8. The van der Waals surface area contributed by atoms with Gasteiger partial charge in [0, 0.05) is 43.7 Å². The number of benzene rings is 1. The smallest absolute Gasteiger partial charge is 0.407 e. The fraction of sp³-hybridized carbons (Fsp3) is 0.684. The van der Waals surface area contributed by atoms with Gasteiger partial charge in [0.15, 0.2) is 0 Å². The van der Waals surface area contributed by atoms with E-state index in [2.05, 4.69) is 10.6 Å². The van der Waals surface area contributed by atoms with Crippen molar-refractivity contribution in [2.24, 2.45) is 23.7 Å². The molecule has 2 aliphatic carbocycles. The Kier molecular flexibility index (Phi) is 12.8. The lowest BCUT2D eigenvalue weighted by Gasteiger charge is -2.37. The van der Waals surface area contributed by atoms with Crippen molar-refractivity contribution in [3.05, 3.63) is 30.0 Å². The van der Waals surface area contributed by atoms with Crippen LogP contribution in [-0.2, 0) is 23.8 Å². The number of nitrogens with one attached hydrogen (secondary N) is 2. The number of furan rings is 1. The minimum atomic E-state index is -0.704. The van der Waals surface area contributed by atoms with Crippen LogP contribution in [0.25, 0.3) is 11.0 Å². The Bertz CT molecular complexity index is 1470. The van der Waals surface area contributed by atoms with Gasteiger partial charge < -0.3 is 34.2 Å². The topological polar surface area (TPSA) is 136 Å². The molecule has 0 spiro atoms. The standard InChI is InChI=1S/C38H54FN3O8/c1-38(2,3)50-37(46)41-30(23-39)25-11-13-26(14-12-25)35(44)42-18-17-29(24-9-6-5-7-10-24)33(42)34(43)40-28-15-16-31-27(21-28)22-32(49-31)36(45)48-20-8-19-47-4/h15-16,21-22,24-26,29-30,33H,5-14,17-20,23H2,1-4H3,(H,40,43)(H,41,46)/t25?,26?,29-,30?,33-/m0/s1. The third kappa shape index (κ3) is 9.56. The number of alkyl halides is 1. The molecule has 0 bridgehead atoms. The summed E-state index contributed by atoms with van der Waals surface area (Å²) >= 11 is 0. The molecule has 2 saturated carbocycles. The van der Waals surface area contributed by atoms with E-state index < -0.39 is 36.4 Å². The van der Waals surface area contributed by atoms with E-state index in [9.17, 15) is 23.6 Å². The number of alkyl carbamates (subject to hydrolysis) is 1. The van der Waals surface area contributed by atoms with Crippen LogP contribution in [-0.4, -0.2) is 80.0 Å². The number of hydrogen-bond acceptors (Lipinski definition) is 8. The first kappa shape index (κ1) is 37.6. The second-order valence-electron chi connectivity index (χ2n) is 15.2. The number of likely N-dealkylation sites (tertiary alicyclic amines) is 1. The molecule has 1 aromatic carbocycles. The summed E-state index contributed by atoms with van der Waals surface area (Å²) in [5.41, 5.74) is 0.370. The number of esters is 1. The highest BCUT2D eigenvalue weighted by atomic mass is 19.1. The molecule has 12 heteroatoms. The van der Waals surface area contributed by atoms with E-state index in [1.165, 1.54) is 6.42 Å². The molecule has 3 atom stereocenters. The predicted octanol–water partition coefficient (Wildman–Crippen LogP) is 7.03. The normalized spacial score (nSPS) is 23.7. The van der Waals surface area contributed by atoms with Gasteiger partial charge in [-0.05, 0) is 94.9 Å². The van der Waals surface area contributed by atoms with Gasteiger partial charge in [-0.25, -0.2) is 14.0 Å². The largest absolute Gasteiger partial charge is 0.460 e. The number of hydrogen-bond donors (Lipinski definition) is 2. The minimum Gasteiger partial charge on any atom is -0.460 e. The van der Waals surface area contributed by atoms with Gasteiger partial charge in [-0.2, -0.15) is 0 Å². The quantitative estimate of drug-likeness (QED) is 0.178. The maximum atomic E-state index is 14.2. The van der Waals surface area contributed by atoms with E-state index in [-0.39, 0.29) is 41.9 Å². The Labute approximate surface area is 294 Å². The van der Waals surface area contributed by atoms with Crippen LogP contribution in [0.3, 0.4) is 0 Å². The summed E-state index contributed by atoms with van der Waals surface area (Å²) in [6.07, 6.45) is 8.65. The summed E-state index contributed by atoms with van der Waals surface area (Å²) in [5, 5.41) is 6.43. The van der Waals surface area contributed by atoms with Gasteiger partial charge in [-0.3, -0.25) is 9.59 Å². The number of nitrogens with zero attached hydrogens (tertiary/aromatic N) is 1. The summed E-state index contributed by atoms with van der Waals surface area (Å²) < 4.78 is 35.3. The molecule has 1 saturated heterocycles. The second-order valence-corrected chi connectivity index (χ2v) is 15.2. The number of halogens is 1. The average Bonchev–Trinajstić information content (AvgIpc) is 3.73. The summed E-state index contributed by atoms with van der Waals surface area (Å²) in [4.78, 5) is 54.9. The Hall–Kier alpha value is -3.67. The first-order valence-electron chi connectivity index (χ1n) is 18.3. The van der Waals surface area contributed by atoms with E-state index in [1.54, 1.807) is 57.0 Å². The van der Waals surface area contributed by atoms with Crippen LogP contribution < -0.4 is 10.6 Å². The molecule has 50 heavy (non-hydrogen) atoms. The summed E-state index contributed by atoms with van der Waals surface area (Å²) in [6, 6.07) is 5.56. The third-order valence-corrected chi connectivity index (χ3v) is 10.5. The molecule has 3 aliphatic rings. The molecule has 2 heterocycles. The first-order chi connectivity index (χ1) is 24.0. The molecule has 0 radical (unpaired) electrons. The number of ether oxygens (including phenoxy) is 3. The van der Waals surface area contributed by atoms with Gasteiger partial charge in [-0.1, -0.05) is 32.1 Å². The fourth-order valence-electron chi connectivity index (χ4n) is 8.08. The Balaban J connectivity index is 1.25. The van der Waals surface area contributed by atoms with E-state index in [4.69, 9.17) is 18.6 Å². The lowest BCUT2D eigenvalue weighted by Crippen LogP contribution is -2.50. The Morgan fingerprint density at radius 1 is 0.980 bits per heavy atom. The number of amides is 3. The summed E-state index contributed by atoms with van der Waals surface area (Å²) in [7, 11) is 1.59. The molecule has 3 amide bonds. The van der Waals surface area contributed by atoms with Crippen molar-refractivity contribution in [1.29, 1.82) is 0 Å². The number of rotatable bonds is 12. The van der Waals surface area contributed by atoms with Crippen LogP contribution in [0.1, 0.15) is 102 Å². The minimum absolute atomic E-state index is 0.0160. The van der Waals surface area contributed by atoms with E-state index in [0.29, 0.717) is 67.8 Å². The number of carbonyl (C=O) groups excluding carboxylic acids is 4. The van der Waals surface area contributed by atoms with Gasteiger partial charge in [0.1, 0.15) is 23.9 Å². The zero-order valence-electron chi connectivity index (χ0n) is 30.0. The van der Waals surface area contributed by atoms with Gasteiger partial charge in [0.05, 0.1) is 12.6 Å². The molecule has 2 aromatic rings. The third-order valence-electron chi connectivity index (χ3n) is 10.5. The Morgan fingerprint density at radius 2 is 1.72 bits per heavy atom. The molecule has 2 N–H and O–H groups in total.